The molecule has 1 amide bonds. The summed E-state index contributed by atoms with van der Waals surface area (Å²) in [6.07, 6.45) is 1.87. The lowest BCUT2D eigenvalue weighted by atomic mass is 9.97. The van der Waals surface area contributed by atoms with E-state index in [1.807, 2.05) is 23.7 Å². The Morgan fingerprint density at radius 2 is 2.00 bits per heavy atom. The van der Waals surface area contributed by atoms with Crippen LogP contribution in [0.5, 0.6) is 0 Å². The molecule has 3 heterocycles. The lowest BCUT2D eigenvalue weighted by molar-refractivity contribution is -0.126. The summed E-state index contributed by atoms with van der Waals surface area (Å²) in [7, 11) is -3.66. The lowest BCUT2D eigenvalue weighted by Crippen LogP contribution is -2.42. The summed E-state index contributed by atoms with van der Waals surface area (Å²) in [4.78, 5) is 12.7. The van der Waals surface area contributed by atoms with Crippen molar-refractivity contribution in [3.63, 3.8) is 0 Å². The molecule has 4 rings (SSSR count). The molecule has 1 aromatic carbocycles. The largest absolute Gasteiger partial charge is 0.465 e. The minimum absolute atomic E-state index is 0.0702. The maximum atomic E-state index is 13.2. The van der Waals surface area contributed by atoms with Crippen molar-refractivity contribution in [2.45, 2.75) is 57.5 Å². The van der Waals surface area contributed by atoms with Gasteiger partial charge in [-0.2, -0.15) is 4.31 Å². The molecular formula is C22H29N5O4S. The normalized spacial score (nSPS) is 17.0. The summed E-state index contributed by atoms with van der Waals surface area (Å²) >= 11 is 0. The van der Waals surface area contributed by atoms with Gasteiger partial charge in [0.25, 0.3) is 0 Å². The Hall–Kier alpha value is -2.72. The summed E-state index contributed by atoms with van der Waals surface area (Å²) in [5, 5.41) is 11.2. The fraction of sp³-hybridized carbons (Fsp3) is 0.500. The van der Waals surface area contributed by atoms with Crippen LogP contribution in [-0.2, 0) is 21.4 Å². The lowest BCUT2D eigenvalue weighted by Gasteiger charge is -2.30. The number of piperidine rings is 1. The number of nitrogens with one attached hydrogen (secondary N) is 1. The van der Waals surface area contributed by atoms with E-state index in [1.54, 1.807) is 18.2 Å². The third kappa shape index (κ3) is 4.42. The predicted octanol–water partition coefficient (Wildman–Crippen LogP) is 3.02. The number of amides is 1. The van der Waals surface area contributed by atoms with Gasteiger partial charge >= 0.3 is 0 Å². The second-order valence-corrected chi connectivity index (χ2v) is 10.3. The van der Waals surface area contributed by atoms with Gasteiger partial charge in [0.15, 0.2) is 0 Å². The van der Waals surface area contributed by atoms with Crippen molar-refractivity contribution in [1.29, 1.82) is 0 Å². The quantitative estimate of drug-likeness (QED) is 0.581. The maximum absolute atomic E-state index is 13.2. The average Bonchev–Trinajstić information content (AvgIpc) is 3.42. The standard InChI is InChI=1S/C22H29N5O4S/c1-4-15(2)27-21-8-7-19(13-20(21)24-25-27)32(29,30)26-11-9-17(10-12-26)22(28)23-14-18-6-5-16(3)31-18/h5-8,13,15,17H,4,9-12,14H2,1-3H3,(H,23,28)/t15-/m0/s1. The Balaban J connectivity index is 1.39. The van der Waals surface area contributed by atoms with Crippen molar-refractivity contribution in [2.75, 3.05) is 13.1 Å². The van der Waals surface area contributed by atoms with Gasteiger partial charge in [-0.1, -0.05) is 12.1 Å². The number of aryl methyl sites for hydroxylation is 1. The molecule has 32 heavy (non-hydrogen) atoms. The van der Waals surface area contributed by atoms with Gasteiger partial charge in [0.2, 0.25) is 15.9 Å². The van der Waals surface area contributed by atoms with Crippen molar-refractivity contribution >= 4 is 27.0 Å². The molecule has 172 valence electrons. The van der Waals surface area contributed by atoms with Crippen molar-refractivity contribution in [3.05, 3.63) is 41.9 Å². The summed E-state index contributed by atoms with van der Waals surface area (Å²) in [6.45, 7) is 6.92. The minimum atomic E-state index is -3.66. The van der Waals surface area contributed by atoms with Crippen molar-refractivity contribution in [3.8, 4) is 0 Å². The number of sulfonamides is 1. The molecule has 1 fully saturated rings. The molecule has 0 saturated carbocycles. The van der Waals surface area contributed by atoms with E-state index >= 15 is 0 Å². The number of aromatic nitrogens is 3. The van der Waals surface area contributed by atoms with Gasteiger partial charge in [-0.3, -0.25) is 4.79 Å². The molecule has 0 radical (unpaired) electrons. The molecule has 2 aromatic heterocycles. The molecule has 0 unspecified atom stereocenters. The Bertz CT molecular complexity index is 1210. The smallest absolute Gasteiger partial charge is 0.243 e. The van der Waals surface area contributed by atoms with Gasteiger partial charge < -0.3 is 9.73 Å². The van der Waals surface area contributed by atoms with Crippen LogP contribution in [0, 0.1) is 12.8 Å². The minimum Gasteiger partial charge on any atom is -0.465 e. The topological polar surface area (TPSA) is 110 Å². The van der Waals surface area contributed by atoms with Crippen LogP contribution in [0.25, 0.3) is 11.0 Å². The molecule has 0 spiro atoms. The van der Waals surface area contributed by atoms with E-state index in [-0.39, 0.29) is 22.8 Å². The molecular weight excluding hydrogens is 430 g/mol. The van der Waals surface area contributed by atoms with Crippen LogP contribution in [0.1, 0.15) is 50.7 Å². The van der Waals surface area contributed by atoms with Crippen LogP contribution in [0.15, 0.2) is 39.6 Å². The molecule has 1 atom stereocenters. The van der Waals surface area contributed by atoms with E-state index in [9.17, 15) is 13.2 Å². The number of carbonyl (C=O) groups excluding carboxylic acids is 1. The second-order valence-electron chi connectivity index (χ2n) is 8.35. The summed E-state index contributed by atoms with van der Waals surface area (Å²) in [5.74, 6) is 1.22. The Morgan fingerprint density at radius 3 is 2.66 bits per heavy atom. The molecule has 1 aliphatic rings. The van der Waals surface area contributed by atoms with Crippen molar-refractivity contribution in [1.82, 2.24) is 24.6 Å². The first kappa shape index (κ1) is 22.5. The summed E-state index contributed by atoms with van der Waals surface area (Å²) in [5.41, 5.74) is 1.38. The van der Waals surface area contributed by atoms with Gasteiger partial charge in [0.05, 0.1) is 23.0 Å². The first-order chi connectivity index (χ1) is 15.3. The van der Waals surface area contributed by atoms with E-state index in [0.717, 1.165) is 17.7 Å². The van der Waals surface area contributed by atoms with Gasteiger partial charge in [0, 0.05) is 19.0 Å². The molecule has 0 aliphatic carbocycles. The fourth-order valence-corrected chi connectivity index (χ4v) is 5.48. The molecule has 1 N–H and O–H groups in total. The number of furan rings is 1. The van der Waals surface area contributed by atoms with Gasteiger partial charge in [-0.05, 0) is 63.4 Å². The van der Waals surface area contributed by atoms with Crippen LogP contribution in [0.3, 0.4) is 0 Å². The zero-order chi connectivity index (χ0) is 22.9. The Labute approximate surface area is 187 Å². The predicted molar refractivity (Wildman–Crippen MR) is 119 cm³/mol. The zero-order valence-electron chi connectivity index (χ0n) is 18.6. The van der Waals surface area contributed by atoms with Crippen LogP contribution >= 0.6 is 0 Å². The fourth-order valence-electron chi connectivity index (χ4n) is 3.99. The molecule has 3 aromatic rings. The van der Waals surface area contributed by atoms with Crippen LogP contribution in [0.4, 0.5) is 0 Å². The van der Waals surface area contributed by atoms with Gasteiger partial charge in [-0.25, -0.2) is 13.1 Å². The number of benzene rings is 1. The van der Waals surface area contributed by atoms with E-state index in [1.165, 1.54) is 4.31 Å². The third-order valence-electron chi connectivity index (χ3n) is 6.15. The number of fused-ring (bicyclic) bond motifs is 1. The Kier molecular flexibility index (Phi) is 6.34. The number of rotatable bonds is 7. The van der Waals surface area contributed by atoms with Crippen LogP contribution in [-0.4, -0.2) is 46.7 Å². The van der Waals surface area contributed by atoms with E-state index in [4.69, 9.17) is 4.42 Å². The SMILES string of the molecule is CC[C@H](C)n1nnc2cc(S(=O)(=O)N3CCC(C(=O)NCc4ccc(C)o4)CC3)ccc21. The third-order valence-corrected chi connectivity index (χ3v) is 8.04. The molecule has 1 aliphatic heterocycles. The van der Waals surface area contributed by atoms with Crippen LogP contribution in [0.2, 0.25) is 0 Å². The highest BCUT2D eigenvalue weighted by atomic mass is 32.2. The van der Waals surface area contributed by atoms with Gasteiger partial charge in [0.1, 0.15) is 17.0 Å². The van der Waals surface area contributed by atoms with E-state index < -0.39 is 10.0 Å². The Morgan fingerprint density at radius 1 is 1.25 bits per heavy atom. The molecule has 0 bridgehead atoms. The average molecular weight is 460 g/mol. The van der Waals surface area contributed by atoms with Crippen molar-refractivity contribution in [2.24, 2.45) is 5.92 Å². The highest BCUT2D eigenvalue weighted by molar-refractivity contribution is 7.89. The number of hydrogen-bond donors (Lipinski definition) is 1. The summed E-state index contributed by atoms with van der Waals surface area (Å²) in [6, 6.07) is 8.84. The van der Waals surface area contributed by atoms with E-state index in [0.29, 0.717) is 43.8 Å². The maximum Gasteiger partial charge on any atom is 0.243 e. The van der Waals surface area contributed by atoms with E-state index in [2.05, 4.69) is 29.5 Å². The number of nitrogens with zero attached hydrogens (tertiary/aromatic N) is 4. The summed E-state index contributed by atoms with van der Waals surface area (Å²) < 4.78 is 35.1. The number of hydrogen-bond acceptors (Lipinski definition) is 6. The molecule has 10 heteroatoms. The second kappa shape index (κ2) is 9.03. The number of carbonyl (C=O) groups is 1. The first-order valence-electron chi connectivity index (χ1n) is 11.0. The van der Waals surface area contributed by atoms with Gasteiger partial charge in [-0.15, -0.1) is 5.10 Å². The zero-order valence-corrected chi connectivity index (χ0v) is 19.4. The highest BCUT2D eigenvalue weighted by Crippen LogP contribution is 2.27. The monoisotopic (exact) mass is 459 g/mol. The molecule has 1 saturated heterocycles. The molecule has 9 nitrogen and oxygen atoms in total. The first-order valence-corrected chi connectivity index (χ1v) is 12.4. The highest BCUT2D eigenvalue weighted by Gasteiger charge is 2.32. The van der Waals surface area contributed by atoms with Crippen molar-refractivity contribution < 1.29 is 17.6 Å². The van der Waals surface area contributed by atoms with Crippen LogP contribution < -0.4 is 5.32 Å².